The molecule has 3 saturated carbocycles. The summed E-state index contributed by atoms with van der Waals surface area (Å²) in [6.07, 6.45) is 17.1. The van der Waals surface area contributed by atoms with Crippen molar-refractivity contribution in [3.05, 3.63) is 12.2 Å². The Kier molecular flexibility index (Phi) is 11.0. The van der Waals surface area contributed by atoms with Gasteiger partial charge in [0.05, 0.1) is 17.6 Å². The Labute approximate surface area is 191 Å². The molecule has 4 rings (SSSR count). The van der Waals surface area contributed by atoms with E-state index in [1.165, 1.54) is 64.8 Å². The van der Waals surface area contributed by atoms with E-state index < -0.39 is 0 Å². The van der Waals surface area contributed by atoms with Crippen LogP contribution in [0.3, 0.4) is 0 Å². The maximum Gasteiger partial charge on any atom is 0.106 e. The molecule has 1 N–H and O–H groups in total. The molecule has 174 valence electrons. The van der Waals surface area contributed by atoms with E-state index in [-0.39, 0.29) is 11.0 Å². The molecule has 0 amide bonds. The van der Waals surface area contributed by atoms with Gasteiger partial charge in [-0.15, -0.1) is 0 Å². The van der Waals surface area contributed by atoms with E-state index in [0.717, 1.165) is 44.6 Å². The predicted molar refractivity (Wildman–Crippen MR) is 128 cm³/mol. The molecule has 5 nitrogen and oxygen atoms in total. The van der Waals surface area contributed by atoms with Gasteiger partial charge in [-0.05, 0) is 57.9 Å². The summed E-state index contributed by atoms with van der Waals surface area (Å²) in [5, 5.41) is 20.4. The topological polar surface area (TPSA) is 66.1 Å². The lowest BCUT2D eigenvalue weighted by molar-refractivity contribution is 0.117. The molecule has 1 saturated heterocycles. The van der Waals surface area contributed by atoms with Gasteiger partial charge in [0.15, 0.2) is 0 Å². The average molecular weight is 428 g/mol. The smallest absolute Gasteiger partial charge is 0.106 e. The van der Waals surface area contributed by atoms with E-state index in [4.69, 9.17) is 10.5 Å². The van der Waals surface area contributed by atoms with Crippen LogP contribution < -0.4 is 5.32 Å². The monoisotopic (exact) mass is 427 g/mol. The highest BCUT2D eigenvalue weighted by molar-refractivity contribution is 5.17. The quantitative estimate of drug-likeness (QED) is 0.595. The van der Waals surface area contributed by atoms with Crippen molar-refractivity contribution in [2.45, 2.75) is 83.6 Å². The molecule has 4 fully saturated rings. The van der Waals surface area contributed by atoms with Gasteiger partial charge in [0.25, 0.3) is 0 Å². The minimum atomic E-state index is -0.111. The van der Waals surface area contributed by atoms with Crippen molar-refractivity contribution in [1.29, 1.82) is 10.5 Å². The second kappa shape index (κ2) is 13.2. The Morgan fingerprint density at radius 1 is 0.871 bits per heavy atom. The van der Waals surface area contributed by atoms with Crippen molar-refractivity contribution in [1.82, 2.24) is 15.1 Å². The van der Waals surface area contributed by atoms with Gasteiger partial charge in [-0.3, -0.25) is 4.90 Å². The summed E-state index contributed by atoms with van der Waals surface area (Å²) in [7, 11) is 1.83. The van der Waals surface area contributed by atoms with Crippen LogP contribution in [0.15, 0.2) is 12.2 Å². The number of nitrogens with zero attached hydrogens (tertiary/aromatic N) is 4. The fourth-order valence-electron chi connectivity index (χ4n) is 4.48. The third kappa shape index (κ3) is 8.93. The molecule has 0 atom stereocenters. The lowest BCUT2D eigenvalue weighted by Crippen LogP contribution is -2.47. The molecule has 5 heteroatoms. The molecule has 31 heavy (non-hydrogen) atoms. The summed E-state index contributed by atoms with van der Waals surface area (Å²) in [4.78, 5) is 5.24. The standard InChI is InChI=1S/C19H31N3.C5H8N2.C2H6/c20-17-19(9-10-19)8-4-5-11-21-12-14-22(15-13-21)16-18-6-2-1-3-7-18;1-7-5(4-6)2-3-5;1-2/h4-5,18H,1-3,6-16H2;7H,2-3H2,1H3;1-2H3/b5-4-;;. The van der Waals surface area contributed by atoms with Crippen LogP contribution in [0.5, 0.6) is 0 Å². The van der Waals surface area contributed by atoms with Crippen molar-refractivity contribution in [3.63, 3.8) is 0 Å². The predicted octanol–water partition coefficient (Wildman–Crippen LogP) is 4.72. The molecule has 0 spiro atoms. The average Bonchev–Trinajstić information content (AvgIpc) is 3.76. The van der Waals surface area contributed by atoms with Gasteiger partial charge in [0.1, 0.15) is 5.54 Å². The molecule has 3 aliphatic carbocycles. The number of rotatable bonds is 7. The molecule has 0 aromatic heterocycles. The molecule has 1 heterocycles. The van der Waals surface area contributed by atoms with Gasteiger partial charge in [-0.2, -0.15) is 10.5 Å². The van der Waals surface area contributed by atoms with Crippen LogP contribution in [0.1, 0.15) is 78.1 Å². The van der Waals surface area contributed by atoms with Crippen molar-refractivity contribution < 1.29 is 0 Å². The van der Waals surface area contributed by atoms with Crippen LogP contribution in [0.4, 0.5) is 0 Å². The number of nitrogens with one attached hydrogen (secondary N) is 1. The van der Waals surface area contributed by atoms with Gasteiger partial charge >= 0.3 is 0 Å². The molecule has 0 aromatic rings. The fourth-order valence-corrected chi connectivity index (χ4v) is 4.48. The van der Waals surface area contributed by atoms with E-state index in [1.807, 2.05) is 20.9 Å². The lowest BCUT2D eigenvalue weighted by Gasteiger charge is -2.36. The molecule has 1 aliphatic heterocycles. The number of hydrogen-bond donors (Lipinski definition) is 1. The molecule has 4 aliphatic rings. The molecular formula is C26H45N5. The minimum absolute atomic E-state index is 0.0230. The third-order valence-electron chi connectivity index (χ3n) is 7.28. The van der Waals surface area contributed by atoms with Crippen LogP contribution in [-0.2, 0) is 0 Å². The van der Waals surface area contributed by atoms with Crippen LogP contribution in [-0.4, -0.2) is 61.7 Å². The molecule has 0 aromatic carbocycles. The second-order valence-electron chi connectivity index (χ2n) is 9.62. The molecule has 0 unspecified atom stereocenters. The summed E-state index contributed by atoms with van der Waals surface area (Å²) >= 11 is 0. The number of allylic oxidation sites excluding steroid dienone is 1. The molecule has 0 bridgehead atoms. The maximum atomic E-state index is 9.07. The van der Waals surface area contributed by atoms with Gasteiger partial charge in [0, 0.05) is 39.3 Å². The highest BCUT2D eigenvalue weighted by Crippen LogP contribution is 2.48. The first-order chi connectivity index (χ1) is 15.1. The summed E-state index contributed by atoms with van der Waals surface area (Å²) in [6, 6.07) is 4.65. The first-order valence-electron chi connectivity index (χ1n) is 12.7. The van der Waals surface area contributed by atoms with E-state index in [0.29, 0.717) is 0 Å². The van der Waals surface area contributed by atoms with Gasteiger partial charge < -0.3 is 10.2 Å². The second-order valence-corrected chi connectivity index (χ2v) is 9.62. The van der Waals surface area contributed by atoms with E-state index in [2.05, 4.69) is 39.4 Å². The Bertz CT molecular complexity index is 607. The SMILES string of the molecule is CC.CNC1(C#N)CC1.N#CC1(C/C=C\CN2CCN(CC3CCCCC3)CC2)CC1. The normalized spacial score (nSPS) is 24.7. The number of piperazine rings is 1. The van der Waals surface area contributed by atoms with Gasteiger partial charge in [-0.25, -0.2) is 0 Å². The summed E-state index contributed by atoms with van der Waals surface area (Å²) in [5.41, 5.74) is -0.0881. The Morgan fingerprint density at radius 2 is 1.48 bits per heavy atom. The zero-order valence-corrected chi connectivity index (χ0v) is 20.3. The summed E-state index contributed by atoms with van der Waals surface area (Å²) in [6.45, 7) is 11.3. The van der Waals surface area contributed by atoms with Crippen molar-refractivity contribution >= 4 is 0 Å². The highest BCUT2D eigenvalue weighted by Gasteiger charge is 2.42. The zero-order chi connectivity index (χ0) is 22.6. The van der Waals surface area contributed by atoms with E-state index in [1.54, 1.807) is 0 Å². The highest BCUT2D eigenvalue weighted by atomic mass is 15.3. The van der Waals surface area contributed by atoms with Crippen LogP contribution >= 0.6 is 0 Å². The Balaban J connectivity index is 0.000000319. The summed E-state index contributed by atoms with van der Waals surface area (Å²) in [5.74, 6) is 0.973. The van der Waals surface area contributed by atoms with Crippen LogP contribution in [0.25, 0.3) is 0 Å². The number of nitriles is 2. The fraction of sp³-hybridized carbons (Fsp3) is 0.846. The van der Waals surface area contributed by atoms with Crippen LogP contribution in [0.2, 0.25) is 0 Å². The summed E-state index contributed by atoms with van der Waals surface area (Å²) < 4.78 is 0. The maximum absolute atomic E-state index is 9.07. The van der Waals surface area contributed by atoms with Crippen molar-refractivity contribution in [2.24, 2.45) is 11.3 Å². The minimum Gasteiger partial charge on any atom is -0.302 e. The lowest BCUT2D eigenvalue weighted by atomic mass is 9.89. The van der Waals surface area contributed by atoms with Gasteiger partial charge in [0.2, 0.25) is 0 Å². The molecule has 0 radical (unpaired) electrons. The van der Waals surface area contributed by atoms with Crippen molar-refractivity contribution in [3.8, 4) is 12.1 Å². The van der Waals surface area contributed by atoms with Gasteiger partial charge in [-0.1, -0.05) is 45.3 Å². The van der Waals surface area contributed by atoms with E-state index in [9.17, 15) is 0 Å². The first kappa shape index (κ1) is 25.9. The number of hydrogen-bond acceptors (Lipinski definition) is 5. The van der Waals surface area contributed by atoms with E-state index >= 15 is 0 Å². The Hall–Kier alpha value is -1.40. The zero-order valence-electron chi connectivity index (χ0n) is 20.3. The first-order valence-corrected chi connectivity index (χ1v) is 12.7. The third-order valence-corrected chi connectivity index (χ3v) is 7.28. The largest absolute Gasteiger partial charge is 0.302 e. The van der Waals surface area contributed by atoms with Crippen LogP contribution in [0, 0.1) is 34.0 Å². The van der Waals surface area contributed by atoms with Crippen molar-refractivity contribution in [2.75, 3.05) is 46.3 Å². The molecular weight excluding hydrogens is 382 g/mol. The Morgan fingerprint density at radius 3 is 1.94 bits per heavy atom.